The molecular formula is C13H19BrN2O2. The van der Waals surface area contributed by atoms with Crippen molar-refractivity contribution >= 4 is 33.2 Å². The zero-order valence-electron chi connectivity index (χ0n) is 10.7. The lowest BCUT2D eigenvalue weighted by atomic mass is 10.1. The fraction of sp³-hybridized carbons (Fsp3) is 0.462. The highest BCUT2D eigenvalue weighted by atomic mass is 79.9. The Morgan fingerprint density at radius 2 is 2.11 bits per heavy atom. The molecule has 0 aliphatic heterocycles. The van der Waals surface area contributed by atoms with Crippen LogP contribution < -0.4 is 10.6 Å². The van der Waals surface area contributed by atoms with E-state index in [0.717, 1.165) is 15.8 Å². The third-order valence-electron chi connectivity index (χ3n) is 2.28. The van der Waals surface area contributed by atoms with Crippen molar-refractivity contribution in [3.05, 3.63) is 22.7 Å². The van der Waals surface area contributed by atoms with Gasteiger partial charge in [-0.1, -0.05) is 29.8 Å². The lowest BCUT2D eigenvalue weighted by molar-refractivity contribution is -0.116. The Bertz CT molecular complexity index is 408. The number of amides is 1. The van der Waals surface area contributed by atoms with Crippen LogP contribution in [0.5, 0.6) is 0 Å². The number of carbonyl (C=O) groups is 1. The Balaban J connectivity index is 2.78. The van der Waals surface area contributed by atoms with Gasteiger partial charge in [-0.2, -0.15) is 0 Å². The van der Waals surface area contributed by atoms with Crippen molar-refractivity contribution in [2.45, 2.75) is 20.3 Å². The van der Waals surface area contributed by atoms with Gasteiger partial charge in [-0.25, -0.2) is 0 Å². The number of hydrogen-bond donors (Lipinski definition) is 3. The molecule has 0 bridgehead atoms. The highest BCUT2D eigenvalue weighted by Crippen LogP contribution is 2.26. The average Bonchev–Trinajstić information content (AvgIpc) is 2.26. The molecule has 1 aromatic rings. The first-order chi connectivity index (χ1) is 8.52. The van der Waals surface area contributed by atoms with Gasteiger partial charge in [0.2, 0.25) is 5.91 Å². The lowest BCUT2D eigenvalue weighted by Gasteiger charge is -2.13. The van der Waals surface area contributed by atoms with Crippen LogP contribution in [0.15, 0.2) is 22.7 Å². The van der Waals surface area contributed by atoms with E-state index in [4.69, 9.17) is 5.11 Å². The molecule has 0 saturated carbocycles. The van der Waals surface area contributed by atoms with Crippen molar-refractivity contribution in [2.24, 2.45) is 5.92 Å². The molecule has 18 heavy (non-hydrogen) atoms. The SMILES string of the molecule is CC(C)CC(=O)Nc1cc(Br)ccc1NCCO. The first-order valence-electron chi connectivity index (χ1n) is 5.97. The van der Waals surface area contributed by atoms with Gasteiger partial charge in [-0.3, -0.25) is 4.79 Å². The summed E-state index contributed by atoms with van der Waals surface area (Å²) in [6, 6.07) is 5.60. The van der Waals surface area contributed by atoms with Crippen molar-refractivity contribution in [1.29, 1.82) is 0 Å². The van der Waals surface area contributed by atoms with E-state index in [1.54, 1.807) is 0 Å². The highest BCUT2D eigenvalue weighted by molar-refractivity contribution is 9.10. The first-order valence-corrected chi connectivity index (χ1v) is 6.76. The Morgan fingerprint density at radius 3 is 2.72 bits per heavy atom. The fourth-order valence-corrected chi connectivity index (χ4v) is 1.90. The molecule has 0 heterocycles. The smallest absolute Gasteiger partial charge is 0.224 e. The second kappa shape index (κ2) is 7.38. The fourth-order valence-electron chi connectivity index (χ4n) is 1.54. The number of aliphatic hydroxyl groups excluding tert-OH is 1. The summed E-state index contributed by atoms with van der Waals surface area (Å²) in [6.45, 7) is 4.51. The van der Waals surface area contributed by atoms with E-state index in [-0.39, 0.29) is 12.5 Å². The average molecular weight is 315 g/mol. The molecule has 0 spiro atoms. The van der Waals surface area contributed by atoms with Crippen LogP contribution in [0.2, 0.25) is 0 Å². The normalized spacial score (nSPS) is 10.5. The van der Waals surface area contributed by atoms with E-state index < -0.39 is 0 Å². The topological polar surface area (TPSA) is 61.4 Å². The molecule has 0 aliphatic rings. The summed E-state index contributed by atoms with van der Waals surface area (Å²) in [5, 5.41) is 14.8. The molecule has 5 heteroatoms. The lowest BCUT2D eigenvalue weighted by Crippen LogP contribution is -2.16. The number of aliphatic hydroxyl groups is 1. The number of hydrogen-bond acceptors (Lipinski definition) is 3. The van der Waals surface area contributed by atoms with Crippen molar-refractivity contribution in [2.75, 3.05) is 23.8 Å². The van der Waals surface area contributed by atoms with Gasteiger partial charge in [0.1, 0.15) is 0 Å². The van der Waals surface area contributed by atoms with Crippen molar-refractivity contribution in [1.82, 2.24) is 0 Å². The molecule has 0 fully saturated rings. The predicted octanol–water partition coefficient (Wildman–Crippen LogP) is 2.84. The second-order valence-corrected chi connectivity index (χ2v) is 5.40. The van der Waals surface area contributed by atoms with Crippen LogP contribution in [0.3, 0.4) is 0 Å². The van der Waals surface area contributed by atoms with Gasteiger partial charge in [-0.15, -0.1) is 0 Å². The summed E-state index contributed by atoms with van der Waals surface area (Å²) in [5.74, 6) is 0.321. The molecule has 100 valence electrons. The highest BCUT2D eigenvalue weighted by Gasteiger charge is 2.09. The third kappa shape index (κ3) is 5.06. The Labute approximate surface area is 116 Å². The number of carbonyl (C=O) groups excluding carboxylic acids is 1. The zero-order valence-corrected chi connectivity index (χ0v) is 12.3. The van der Waals surface area contributed by atoms with Crippen molar-refractivity contribution in [3.63, 3.8) is 0 Å². The summed E-state index contributed by atoms with van der Waals surface area (Å²) in [4.78, 5) is 11.8. The van der Waals surface area contributed by atoms with E-state index in [9.17, 15) is 4.79 Å². The molecule has 0 unspecified atom stereocenters. The molecule has 0 aromatic heterocycles. The Kier molecular flexibility index (Phi) is 6.15. The van der Waals surface area contributed by atoms with Crippen LogP contribution in [0.4, 0.5) is 11.4 Å². The maximum absolute atomic E-state index is 11.8. The first kappa shape index (κ1) is 15.0. The number of benzene rings is 1. The second-order valence-electron chi connectivity index (χ2n) is 4.49. The minimum atomic E-state index is -0.00449. The molecular weight excluding hydrogens is 296 g/mol. The summed E-state index contributed by atoms with van der Waals surface area (Å²) in [7, 11) is 0. The standard InChI is InChI=1S/C13H19BrN2O2/c1-9(2)7-13(18)16-12-8-10(14)3-4-11(12)15-5-6-17/h3-4,8-9,15,17H,5-7H2,1-2H3,(H,16,18). The molecule has 1 aromatic carbocycles. The van der Waals surface area contributed by atoms with E-state index in [1.165, 1.54) is 0 Å². The minimum Gasteiger partial charge on any atom is -0.395 e. The number of halogens is 1. The van der Waals surface area contributed by atoms with Gasteiger partial charge >= 0.3 is 0 Å². The molecule has 4 nitrogen and oxygen atoms in total. The van der Waals surface area contributed by atoms with Gasteiger partial charge in [-0.05, 0) is 24.1 Å². The monoisotopic (exact) mass is 314 g/mol. The molecule has 1 rings (SSSR count). The van der Waals surface area contributed by atoms with Crippen LogP contribution in [0, 0.1) is 5.92 Å². The third-order valence-corrected chi connectivity index (χ3v) is 2.77. The molecule has 3 N–H and O–H groups in total. The maximum atomic E-state index is 11.8. The van der Waals surface area contributed by atoms with Gasteiger partial charge in [0.15, 0.2) is 0 Å². The summed E-state index contributed by atoms with van der Waals surface area (Å²) < 4.78 is 0.900. The van der Waals surface area contributed by atoms with Gasteiger partial charge in [0, 0.05) is 17.4 Å². The Hall–Kier alpha value is -1.07. The van der Waals surface area contributed by atoms with Crippen LogP contribution >= 0.6 is 15.9 Å². The summed E-state index contributed by atoms with van der Waals surface area (Å²) in [5.41, 5.74) is 1.54. The van der Waals surface area contributed by atoms with Gasteiger partial charge in [0.25, 0.3) is 0 Å². The van der Waals surface area contributed by atoms with Crippen molar-refractivity contribution in [3.8, 4) is 0 Å². The van der Waals surface area contributed by atoms with Gasteiger partial charge < -0.3 is 15.7 Å². The van der Waals surface area contributed by atoms with E-state index in [2.05, 4.69) is 26.6 Å². The quantitative estimate of drug-likeness (QED) is 0.756. The van der Waals surface area contributed by atoms with Crippen LogP contribution in [0.25, 0.3) is 0 Å². The van der Waals surface area contributed by atoms with E-state index >= 15 is 0 Å². The number of rotatable bonds is 6. The van der Waals surface area contributed by atoms with Crippen LogP contribution in [0.1, 0.15) is 20.3 Å². The maximum Gasteiger partial charge on any atom is 0.224 e. The predicted molar refractivity (Wildman–Crippen MR) is 77.8 cm³/mol. The number of nitrogens with one attached hydrogen (secondary N) is 2. The van der Waals surface area contributed by atoms with E-state index in [0.29, 0.717) is 18.9 Å². The van der Waals surface area contributed by atoms with Gasteiger partial charge in [0.05, 0.1) is 18.0 Å². The molecule has 0 atom stereocenters. The summed E-state index contributed by atoms with van der Waals surface area (Å²) in [6.07, 6.45) is 0.492. The number of anilines is 2. The van der Waals surface area contributed by atoms with Crippen molar-refractivity contribution < 1.29 is 9.90 Å². The largest absolute Gasteiger partial charge is 0.395 e. The van der Waals surface area contributed by atoms with E-state index in [1.807, 2.05) is 32.0 Å². The minimum absolute atomic E-state index is 0.00449. The van der Waals surface area contributed by atoms with Crippen LogP contribution in [-0.2, 0) is 4.79 Å². The zero-order chi connectivity index (χ0) is 13.5. The molecule has 0 radical (unpaired) electrons. The summed E-state index contributed by atoms with van der Waals surface area (Å²) >= 11 is 3.38. The molecule has 0 aliphatic carbocycles. The molecule has 0 saturated heterocycles. The van der Waals surface area contributed by atoms with Crippen LogP contribution in [-0.4, -0.2) is 24.2 Å². The Morgan fingerprint density at radius 1 is 1.39 bits per heavy atom. The molecule has 1 amide bonds.